The largest absolute Gasteiger partial charge is 0.444 e. The van der Waals surface area contributed by atoms with E-state index in [9.17, 15) is 10.1 Å². The van der Waals surface area contributed by atoms with E-state index in [0.717, 1.165) is 11.1 Å². The van der Waals surface area contributed by atoms with Gasteiger partial charge in [0.05, 0.1) is 5.92 Å². The van der Waals surface area contributed by atoms with Crippen LogP contribution in [0.1, 0.15) is 35.8 Å². The smallest absolute Gasteiger partial charge is 0.205 e. The minimum absolute atomic E-state index is 0.0182. The van der Waals surface area contributed by atoms with Crippen LogP contribution in [-0.4, -0.2) is 5.78 Å². The van der Waals surface area contributed by atoms with E-state index in [1.807, 2.05) is 54.6 Å². The normalized spacial score (nSPS) is 22.1. The molecule has 0 saturated heterocycles. The molecule has 1 heterocycles. The van der Waals surface area contributed by atoms with Crippen LogP contribution in [0.4, 0.5) is 0 Å². The van der Waals surface area contributed by atoms with Gasteiger partial charge in [-0.2, -0.15) is 5.26 Å². The summed E-state index contributed by atoms with van der Waals surface area (Å²) >= 11 is 6.11. The highest BCUT2D eigenvalue weighted by molar-refractivity contribution is 6.30. The van der Waals surface area contributed by atoms with E-state index < -0.39 is 5.92 Å². The van der Waals surface area contributed by atoms with Crippen LogP contribution in [0.3, 0.4) is 0 Å². The zero-order chi connectivity index (χ0) is 19.0. The van der Waals surface area contributed by atoms with Gasteiger partial charge in [-0.25, -0.2) is 0 Å². The highest BCUT2D eigenvalue weighted by Crippen LogP contribution is 2.46. The number of nitriles is 1. The Balaban J connectivity index is 1.78. The molecule has 0 amide bonds. The highest BCUT2D eigenvalue weighted by Gasteiger charge is 2.40. The second-order valence-corrected chi connectivity index (χ2v) is 7.19. The van der Waals surface area contributed by atoms with E-state index in [1.54, 1.807) is 0 Å². The lowest BCUT2D eigenvalue weighted by molar-refractivity contribution is -0.117. The lowest BCUT2D eigenvalue weighted by Crippen LogP contribution is -2.29. The van der Waals surface area contributed by atoms with Gasteiger partial charge in [-0.15, -0.1) is 0 Å². The van der Waals surface area contributed by atoms with Crippen molar-refractivity contribution >= 4 is 17.4 Å². The van der Waals surface area contributed by atoms with Crippen LogP contribution < -0.4 is 5.73 Å². The van der Waals surface area contributed by atoms with Crippen LogP contribution in [0, 0.1) is 11.3 Å². The van der Waals surface area contributed by atoms with Gasteiger partial charge in [0, 0.05) is 23.4 Å². The summed E-state index contributed by atoms with van der Waals surface area (Å²) in [4.78, 5) is 13.1. The third-order valence-corrected chi connectivity index (χ3v) is 5.35. The van der Waals surface area contributed by atoms with Gasteiger partial charge in [-0.05, 0) is 29.2 Å². The molecule has 0 spiro atoms. The van der Waals surface area contributed by atoms with Gasteiger partial charge in [0.15, 0.2) is 5.78 Å². The number of ether oxygens (including phenoxy) is 1. The molecule has 5 heteroatoms. The molecule has 0 saturated carbocycles. The van der Waals surface area contributed by atoms with Crippen molar-refractivity contribution in [2.75, 3.05) is 0 Å². The van der Waals surface area contributed by atoms with Gasteiger partial charge in [-0.1, -0.05) is 54.1 Å². The first kappa shape index (κ1) is 17.4. The van der Waals surface area contributed by atoms with Crippen molar-refractivity contribution in [2.45, 2.75) is 24.7 Å². The fraction of sp³-hybridized carbons (Fsp3) is 0.182. The molecule has 1 aliphatic heterocycles. The topological polar surface area (TPSA) is 76.1 Å². The van der Waals surface area contributed by atoms with E-state index in [1.165, 1.54) is 0 Å². The van der Waals surface area contributed by atoms with Crippen molar-refractivity contribution < 1.29 is 9.53 Å². The maximum absolute atomic E-state index is 13.1. The predicted octanol–water partition coefficient (Wildman–Crippen LogP) is 4.55. The first-order valence-electron chi connectivity index (χ1n) is 8.72. The zero-order valence-corrected chi connectivity index (χ0v) is 15.2. The third-order valence-electron chi connectivity index (χ3n) is 5.11. The Morgan fingerprint density at radius 3 is 2.52 bits per heavy atom. The number of rotatable bonds is 2. The van der Waals surface area contributed by atoms with Crippen LogP contribution in [0.25, 0.3) is 0 Å². The number of carbonyl (C=O) groups is 1. The van der Waals surface area contributed by atoms with Crippen LogP contribution >= 0.6 is 11.6 Å². The van der Waals surface area contributed by atoms with Gasteiger partial charge in [0.2, 0.25) is 5.88 Å². The number of carbonyl (C=O) groups excluding carboxylic acids is 1. The van der Waals surface area contributed by atoms with E-state index in [-0.39, 0.29) is 23.2 Å². The number of benzene rings is 2. The second kappa shape index (κ2) is 6.94. The Morgan fingerprint density at radius 2 is 1.81 bits per heavy atom. The van der Waals surface area contributed by atoms with Gasteiger partial charge in [0.25, 0.3) is 0 Å². The van der Waals surface area contributed by atoms with Gasteiger partial charge in [-0.3, -0.25) is 4.79 Å². The van der Waals surface area contributed by atoms with E-state index in [2.05, 4.69) is 6.07 Å². The number of nitrogens with zero attached hydrogens (tertiary/aromatic N) is 1. The van der Waals surface area contributed by atoms with Crippen molar-refractivity contribution in [1.82, 2.24) is 0 Å². The lowest BCUT2D eigenvalue weighted by Gasteiger charge is -2.34. The van der Waals surface area contributed by atoms with E-state index in [0.29, 0.717) is 29.2 Å². The summed E-state index contributed by atoms with van der Waals surface area (Å²) in [6, 6.07) is 19.1. The molecule has 27 heavy (non-hydrogen) atoms. The van der Waals surface area contributed by atoms with Crippen molar-refractivity contribution in [2.24, 2.45) is 5.73 Å². The number of hydrogen-bond acceptors (Lipinski definition) is 4. The summed E-state index contributed by atoms with van der Waals surface area (Å²) in [6.45, 7) is 0. The molecule has 1 aliphatic carbocycles. The summed E-state index contributed by atoms with van der Waals surface area (Å²) in [5, 5.41) is 10.3. The maximum Gasteiger partial charge on any atom is 0.205 e. The summed E-state index contributed by atoms with van der Waals surface area (Å²) in [6.07, 6.45) is 0.897. The fourth-order valence-electron chi connectivity index (χ4n) is 3.88. The van der Waals surface area contributed by atoms with Crippen molar-refractivity contribution in [3.05, 3.63) is 93.5 Å². The van der Waals surface area contributed by atoms with Crippen LogP contribution in [0.5, 0.6) is 0 Å². The van der Waals surface area contributed by atoms with Crippen molar-refractivity contribution in [1.29, 1.82) is 5.26 Å². The Morgan fingerprint density at radius 1 is 1.07 bits per heavy atom. The number of allylic oxidation sites excluding steroid dienone is 3. The molecule has 0 bridgehead atoms. The number of nitrogens with two attached hydrogens (primary N) is 1. The molecule has 4 nitrogen and oxygen atoms in total. The monoisotopic (exact) mass is 376 g/mol. The first-order chi connectivity index (χ1) is 13.1. The molecule has 2 atom stereocenters. The molecule has 2 aliphatic rings. The molecule has 2 aromatic carbocycles. The lowest BCUT2D eigenvalue weighted by atomic mass is 9.73. The Labute approximate surface area is 162 Å². The molecule has 0 aromatic heterocycles. The summed E-state index contributed by atoms with van der Waals surface area (Å²) in [7, 11) is 0. The van der Waals surface area contributed by atoms with Crippen LogP contribution in [0.15, 0.2) is 77.4 Å². The standard InChI is InChI=1S/C22H17ClN2O2/c23-16-8-4-7-14(9-16)15-10-18(26)21-19(11-15)27-22(25)17(12-24)20(21)13-5-2-1-3-6-13/h1-9,15,20H,10-11,25H2/t15-,20-/m0/s1. The highest BCUT2D eigenvalue weighted by atomic mass is 35.5. The number of halogens is 1. The van der Waals surface area contributed by atoms with Crippen LogP contribution in [-0.2, 0) is 9.53 Å². The second-order valence-electron chi connectivity index (χ2n) is 6.76. The van der Waals surface area contributed by atoms with Gasteiger partial charge < -0.3 is 10.5 Å². The molecule has 0 fully saturated rings. The van der Waals surface area contributed by atoms with Gasteiger partial charge in [0.1, 0.15) is 17.4 Å². The molecule has 2 aromatic rings. The van der Waals surface area contributed by atoms with Crippen molar-refractivity contribution in [3.8, 4) is 6.07 Å². The first-order valence-corrected chi connectivity index (χ1v) is 9.10. The zero-order valence-electron chi connectivity index (χ0n) is 14.5. The molecular formula is C22H17ClN2O2. The average Bonchev–Trinajstić information content (AvgIpc) is 2.67. The number of ketones is 1. The molecule has 0 unspecified atom stereocenters. The molecule has 4 rings (SSSR count). The predicted molar refractivity (Wildman–Crippen MR) is 103 cm³/mol. The quantitative estimate of drug-likeness (QED) is 0.834. The molecule has 2 N–H and O–H groups in total. The Hall–Kier alpha value is -3.03. The number of Topliss-reactive ketones (excluding diaryl/α,β-unsaturated/α-hetero) is 1. The Bertz CT molecular complexity index is 1020. The summed E-state index contributed by atoms with van der Waals surface area (Å²) in [5.74, 6) is 0.108. The maximum atomic E-state index is 13.1. The van der Waals surface area contributed by atoms with Crippen molar-refractivity contribution in [3.63, 3.8) is 0 Å². The minimum atomic E-state index is -0.479. The Kier molecular flexibility index (Phi) is 4.47. The summed E-state index contributed by atoms with van der Waals surface area (Å²) in [5.41, 5.74) is 8.74. The fourth-order valence-corrected chi connectivity index (χ4v) is 4.08. The molecular weight excluding hydrogens is 360 g/mol. The molecule has 134 valence electrons. The minimum Gasteiger partial charge on any atom is -0.444 e. The molecule has 0 radical (unpaired) electrons. The third kappa shape index (κ3) is 3.11. The average molecular weight is 377 g/mol. The van der Waals surface area contributed by atoms with E-state index >= 15 is 0 Å². The number of hydrogen-bond donors (Lipinski definition) is 1. The summed E-state index contributed by atoms with van der Waals surface area (Å²) < 4.78 is 5.76. The van der Waals surface area contributed by atoms with Crippen LogP contribution in [0.2, 0.25) is 5.02 Å². The van der Waals surface area contributed by atoms with E-state index in [4.69, 9.17) is 22.1 Å². The van der Waals surface area contributed by atoms with Gasteiger partial charge >= 0.3 is 0 Å². The SMILES string of the molecule is N#CC1=C(N)OC2=C(C(=O)C[C@H](c3cccc(Cl)c3)C2)[C@H]1c1ccccc1.